The Kier molecular flexibility index (Phi) is 11.0. The topological polar surface area (TPSA) is 126 Å². The van der Waals surface area contributed by atoms with Crippen LogP contribution < -0.4 is 15.6 Å². The maximum absolute atomic E-state index is 14.0. The second kappa shape index (κ2) is 15.3. The average molecular weight is 670 g/mol. The van der Waals surface area contributed by atoms with E-state index in [1.54, 1.807) is 47.0 Å². The SMILES string of the molecule is COc1ccc(Cn2ncc(NC(C)COCc3cn(C4CCN(C(=O)OCc5ccccc5)C(C)C4)nn3)c(C(F)(F)F)c2=O)cc1. The van der Waals surface area contributed by atoms with Gasteiger partial charge in [0.2, 0.25) is 0 Å². The quantitative estimate of drug-likeness (QED) is 0.214. The Morgan fingerprint density at radius 1 is 1.08 bits per heavy atom. The molecule has 4 aromatic rings. The van der Waals surface area contributed by atoms with Crippen molar-refractivity contribution < 1.29 is 32.2 Å². The van der Waals surface area contributed by atoms with Crippen molar-refractivity contribution in [2.75, 3.05) is 25.6 Å². The molecule has 3 atom stereocenters. The first-order valence-corrected chi connectivity index (χ1v) is 15.5. The molecule has 0 saturated carbocycles. The highest BCUT2D eigenvalue weighted by atomic mass is 19.4. The van der Waals surface area contributed by atoms with Gasteiger partial charge in [-0.1, -0.05) is 47.7 Å². The number of carbonyl (C=O) groups is 1. The highest BCUT2D eigenvalue weighted by molar-refractivity contribution is 5.68. The largest absolute Gasteiger partial charge is 0.497 e. The first kappa shape index (κ1) is 34.4. The molecular formula is C33H38F3N7O5. The van der Waals surface area contributed by atoms with Crippen LogP contribution in [0.3, 0.4) is 0 Å². The Labute approximate surface area is 275 Å². The molecule has 2 aromatic heterocycles. The molecule has 0 bridgehead atoms. The van der Waals surface area contributed by atoms with Gasteiger partial charge in [-0.2, -0.15) is 18.3 Å². The van der Waals surface area contributed by atoms with Gasteiger partial charge in [-0.15, -0.1) is 5.10 Å². The molecule has 0 radical (unpaired) electrons. The van der Waals surface area contributed by atoms with E-state index in [9.17, 15) is 22.8 Å². The van der Waals surface area contributed by atoms with E-state index in [-0.39, 0.29) is 44.5 Å². The minimum absolute atomic E-state index is 0.0274. The zero-order chi connectivity index (χ0) is 34.3. The van der Waals surface area contributed by atoms with Gasteiger partial charge in [-0.05, 0) is 49.9 Å². The number of piperidine rings is 1. The lowest BCUT2D eigenvalue weighted by atomic mass is 9.99. The molecule has 12 nitrogen and oxygen atoms in total. The van der Waals surface area contributed by atoms with Gasteiger partial charge in [-0.3, -0.25) is 4.79 Å². The van der Waals surface area contributed by atoms with Crippen molar-refractivity contribution in [3.05, 3.63) is 99.7 Å². The molecule has 256 valence electrons. The number of hydrogen-bond acceptors (Lipinski definition) is 9. The van der Waals surface area contributed by atoms with Crippen LogP contribution in [-0.4, -0.2) is 68.1 Å². The van der Waals surface area contributed by atoms with Crippen molar-refractivity contribution in [3.8, 4) is 5.75 Å². The summed E-state index contributed by atoms with van der Waals surface area (Å²) in [5.74, 6) is 0.584. The molecular weight excluding hydrogens is 631 g/mol. The fraction of sp³-hybridized carbons (Fsp3) is 0.424. The summed E-state index contributed by atoms with van der Waals surface area (Å²) in [6, 6.07) is 15.5. The van der Waals surface area contributed by atoms with E-state index >= 15 is 0 Å². The number of amides is 1. The second-order valence-electron chi connectivity index (χ2n) is 11.8. The summed E-state index contributed by atoms with van der Waals surface area (Å²) in [6.45, 7) is 4.30. The van der Waals surface area contributed by atoms with Crippen LogP contribution in [0.2, 0.25) is 0 Å². The molecule has 1 N–H and O–H groups in total. The number of nitrogens with zero attached hydrogens (tertiary/aromatic N) is 6. The number of alkyl halides is 3. The van der Waals surface area contributed by atoms with Gasteiger partial charge in [-0.25, -0.2) is 14.2 Å². The number of rotatable bonds is 12. The molecule has 1 fully saturated rings. The number of ether oxygens (including phenoxy) is 3. The fourth-order valence-electron chi connectivity index (χ4n) is 5.56. The van der Waals surface area contributed by atoms with E-state index in [0.29, 0.717) is 36.4 Å². The predicted octanol–water partition coefficient (Wildman–Crippen LogP) is 5.29. The van der Waals surface area contributed by atoms with Crippen molar-refractivity contribution >= 4 is 11.8 Å². The van der Waals surface area contributed by atoms with Crippen molar-refractivity contribution in [2.45, 2.75) is 70.7 Å². The number of aromatic nitrogens is 5. The molecule has 1 aliphatic rings. The van der Waals surface area contributed by atoms with Gasteiger partial charge in [0.05, 0.1) is 51.0 Å². The van der Waals surface area contributed by atoms with Crippen LogP contribution in [0.15, 0.2) is 71.8 Å². The van der Waals surface area contributed by atoms with E-state index in [1.807, 2.05) is 37.3 Å². The Morgan fingerprint density at radius 2 is 1.83 bits per heavy atom. The average Bonchev–Trinajstić information content (AvgIpc) is 3.54. The maximum atomic E-state index is 14.0. The molecule has 0 aliphatic carbocycles. The standard InChI is InChI=1S/C33H38F3N7O5/c1-22(38-29-16-37-43(31(44)30(29)33(34,35)36)17-24-9-11-28(46-3)12-10-24)19-47-21-26-18-42(40-39-26)27-13-14-41(23(2)15-27)32(45)48-20-25-7-5-4-6-8-25/h4-12,16,18,22-23,27,38H,13-15,17,19-21H2,1-3H3. The third-order valence-electron chi connectivity index (χ3n) is 8.06. The Morgan fingerprint density at radius 3 is 2.52 bits per heavy atom. The molecule has 1 saturated heterocycles. The summed E-state index contributed by atoms with van der Waals surface area (Å²) in [5, 5.41) is 15.1. The summed E-state index contributed by atoms with van der Waals surface area (Å²) in [6.07, 6.45) is -1.14. The van der Waals surface area contributed by atoms with Crippen molar-refractivity contribution in [3.63, 3.8) is 0 Å². The maximum Gasteiger partial charge on any atom is 0.423 e. The van der Waals surface area contributed by atoms with Crippen molar-refractivity contribution in [2.24, 2.45) is 0 Å². The van der Waals surface area contributed by atoms with Crippen LogP contribution in [0.5, 0.6) is 5.75 Å². The first-order chi connectivity index (χ1) is 23.0. The van der Waals surface area contributed by atoms with Crippen LogP contribution in [-0.2, 0) is 35.4 Å². The number of nitrogens with one attached hydrogen (secondary N) is 1. The predicted molar refractivity (Wildman–Crippen MR) is 169 cm³/mol. The van der Waals surface area contributed by atoms with E-state index < -0.39 is 29.0 Å². The van der Waals surface area contributed by atoms with Gasteiger partial charge >= 0.3 is 12.3 Å². The van der Waals surface area contributed by atoms with E-state index in [2.05, 4.69) is 20.7 Å². The van der Waals surface area contributed by atoms with Crippen molar-refractivity contribution in [1.82, 2.24) is 29.7 Å². The first-order valence-electron chi connectivity index (χ1n) is 15.5. The number of hydrogen-bond donors (Lipinski definition) is 1. The number of anilines is 1. The molecule has 2 aromatic carbocycles. The van der Waals surface area contributed by atoms with E-state index in [4.69, 9.17) is 14.2 Å². The van der Waals surface area contributed by atoms with Gasteiger partial charge in [0.25, 0.3) is 5.56 Å². The fourth-order valence-corrected chi connectivity index (χ4v) is 5.56. The number of likely N-dealkylation sites (tertiary alicyclic amines) is 1. The molecule has 3 heterocycles. The number of benzene rings is 2. The summed E-state index contributed by atoms with van der Waals surface area (Å²) in [5.41, 5.74) is -0.937. The molecule has 5 rings (SSSR count). The van der Waals surface area contributed by atoms with Crippen LogP contribution in [0.25, 0.3) is 0 Å². The molecule has 0 spiro atoms. The third-order valence-corrected chi connectivity index (χ3v) is 8.06. The molecule has 48 heavy (non-hydrogen) atoms. The number of methoxy groups -OCH3 is 1. The van der Waals surface area contributed by atoms with Gasteiger partial charge in [0.15, 0.2) is 0 Å². The lowest BCUT2D eigenvalue weighted by Gasteiger charge is -2.36. The summed E-state index contributed by atoms with van der Waals surface area (Å²) < 4.78 is 60.9. The van der Waals surface area contributed by atoms with Gasteiger partial charge < -0.3 is 24.4 Å². The minimum atomic E-state index is -4.90. The Balaban J connectivity index is 1.11. The monoisotopic (exact) mass is 669 g/mol. The third kappa shape index (κ3) is 8.70. The summed E-state index contributed by atoms with van der Waals surface area (Å²) in [7, 11) is 1.50. The molecule has 1 aliphatic heterocycles. The summed E-state index contributed by atoms with van der Waals surface area (Å²) >= 11 is 0. The van der Waals surface area contributed by atoms with Crippen LogP contribution in [0.1, 0.15) is 55.1 Å². The Hall–Kier alpha value is -4.92. The smallest absolute Gasteiger partial charge is 0.423 e. The zero-order valence-electron chi connectivity index (χ0n) is 26.9. The van der Waals surface area contributed by atoms with E-state index in [1.165, 1.54) is 7.11 Å². The Bertz CT molecular complexity index is 1710. The van der Waals surface area contributed by atoms with Crippen molar-refractivity contribution in [1.29, 1.82) is 0 Å². The van der Waals surface area contributed by atoms with Gasteiger partial charge in [0, 0.05) is 18.6 Å². The van der Waals surface area contributed by atoms with E-state index in [0.717, 1.165) is 16.4 Å². The number of carbonyl (C=O) groups excluding carboxylic acids is 1. The summed E-state index contributed by atoms with van der Waals surface area (Å²) in [4.78, 5) is 27.3. The lowest BCUT2D eigenvalue weighted by molar-refractivity contribution is -0.138. The normalized spacial score (nSPS) is 17.2. The molecule has 1 amide bonds. The van der Waals surface area contributed by atoms with Crippen LogP contribution >= 0.6 is 0 Å². The molecule has 15 heteroatoms. The lowest BCUT2D eigenvalue weighted by Crippen LogP contribution is -2.45. The number of halogens is 3. The minimum Gasteiger partial charge on any atom is -0.497 e. The highest BCUT2D eigenvalue weighted by Gasteiger charge is 2.38. The highest BCUT2D eigenvalue weighted by Crippen LogP contribution is 2.32. The second-order valence-corrected chi connectivity index (χ2v) is 11.8. The van der Waals surface area contributed by atoms with Gasteiger partial charge in [0.1, 0.15) is 23.6 Å². The van der Waals surface area contributed by atoms with Crippen LogP contribution in [0, 0.1) is 0 Å². The molecule has 3 unspecified atom stereocenters. The van der Waals surface area contributed by atoms with Crippen LogP contribution in [0.4, 0.5) is 23.7 Å². The zero-order valence-corrected chi connectivity index (χ0v) is 26.9.